The highest BCUT2D eigenvalue weighted by Gasteiger charge is 2.30. The van der Waals surface area contributed by atoms with Crippen LogP contribution in [0.2, 0.25) is 0 Å². The largest absolute Gasteiger partial charge is 0.505 e. The number of allylic oxidation sites excluding steroid dienone is 1. The molecular weight excluding hydrogens is 495 g/mol. The summed E-state index contributed by atoms with van der Waals surface area (Å²) in [4.78, 5) is 24.4. The van der Waals surface area contributed by atoms with Crippen molar-refractivity contribution >= 4 is 17.7 Å². The molecule has 1 aliphatic rings. The maximum absolute atomic E-state index is 14.7. The highest BCUT2D eigenvalue weighted by molar-refractivity contribution is 6.03. The Bertz CT molecular complexity index is 1040. The summed E-state index contributed by atoms with van der Waals surface area (Å²) in [7, 11) is 2.99. The van der Waals surface area contributed by atoms with Crippen molar-refractivity contribution in [2.24, 2.45) is 17.6 Å². The van der Waals surface area contributed by atoms with E-state index in [-0.39, 0.29) is 23.6 Å². The van der Waals surface area contributed by atoms with Gasteiger partial charge in [-0.25, -0.2) is 9.18 Å². The van der Waals surface area contributed by atoms with Gasteiger partial charge in [0, 0.05) is 37.5 Å². The SMILES string of the molecule is CO[C@H]1C[C@H](C)Cc2cc(cc(O)c2F)NC(=O)/C(C)=C/CC[C@@H](OC)[C@@H](OC(N)=O)/C(C)=C/[C@H](C)[C@H]1O. The molecule has 9 nitrogen and oxygen atoms in total. The molecule has 2 amide bonds. The number of amides is 2. The number of aliphatic hydroxyl groups excluding tert-OH is 1. The molecule has 38 heavy (non-hydrogen) atoms. The number of hydrogen-bond acceptors (Lipinski definition) is 7. The first kappa shape index (κ1) is 31.3. The first-order valence-electron chi connectivity index (χ1n) is 12.7. The molecule has 1 heterocycles. The summed E-state index contributed by atoms with van der Waals surface area (Å²) in [6.07, 6.45) is 1.18. The number of halogens is 1. The predicted octanol–water partition coefficient (Wildman–Crippen LogP) is 4.22. The Morgan fingerprint density at radius 1 is 1.16 bits per heavy atom. The summed E-state index contributed by atoms with van der Waals surface area (Å²) in [6, 6.07) is 2.67. The van der Waals surface area contributed by atoms with Crippen molar-refractivity contribution in [3.05, 3.63) is 46.8 Å². The standard InChI is InChI=1S/C28H41FN2O7/c1-15-10-19-13-20(14-21(32)24(19)29)31-27(34)16(2)8-7-9-22(36-5)26(38-28(30)35)18(4)12-17(3)25(33)23(11-15)37-6/h8,12-15,17,22-23,25-26,32-33H,7,9-11H2,1-6H3,(H2,30,35)(H,31,34)/b16-8+,18-12+/t15-,17+,22-,23+,25-,26+/m1/s1. The van der Waals surface area contributed by atoms with E-state index < -0.39 is 53.9 Å². The van der Waals surface area contributed by atoms with Gasteiger partial charge >= 0.3 is 6.09 Å². The second-order valence-electron chi connectivity index (χ2n) is 10.1. The van der Waals surface area contributed by atoms with E-state index in [1.807, 2.05) is 13.8 Å². The van der Waals surface area contributed by atoms with E-state index >= 15 is 0 Å². The third-order valence-corrected chi connectivity index (χ3v) is 6.93. The number of phenolic OH excluding ortho intramolecular Hbond substituents is 1. The Balaban J connectivity index is 2.51. The predicted molar refractivity (Wildman–Crippen MR) is 142 cm³/mol. The lowest BCUT2D eigenvalue weighted by molar-refractivity contribution is -0.112. The van der Waals surface area contributed by atoms with Crippen molar-refractivity contribution < 1.29 is 38.4 Å². The Hall–Kier alpha value is -2.95. The second kappa shape index (κ2) is 14.3. The quantitative estimate of drug-likeness (QED) is 0.424. The minimum absolute atomic E-state index is 0.140. The van der Waals surface area contributed by atoms with Crippen LogP contribution >= 0.6 is 0 Å². The van der Waals surface area contributed by atoms with E-state index in [2.05, 4.69) is 5.32 Å². The molecule has 0 saturated carbocycles. The van der Waals surface area contributed by atoms with Crippen molar-refractivity contribution in [2.75, 3.05) is 19.5 Å². The van der Waals surface area contributed by atoms with Gasteiger partial charge in [0.05, 0.1) is 18.3 Å². The van der Waals surface area contributed by atoms with Crippen LogP contribution < -0.4 is 11.1 Å². The van der Waals surface area contributed by atoms with Gasteiger partial charge in [-0.15, -0.1) is 0 Å². The Kier molecular flexibility index (Phi) is 11.7. The number of primary amides is 1. The monoisotopic (exact) mass is 536 g/mol. The van der Waals surface area contributed by atoms with Crippen LogP contribution in [0.1, 0.15) is 52.5 Å². The molecule has 1 aromatic carbocycles. The molecule has 1 aliphatic heterocycles. The maximum Gasteiger partial charge on any atom is 0.405 e. The van der Waals surface area contributed by atoms with Gasteiger partial charge in [-0.2, -0.15) is 0 Å². The third-order valence-electron chi connectivity index (χ3n) is 6.93. The average Bonchev–Trinajstić information content (AvgIpc) is 2.85. The fourth-order valence-corrected chi connectivity index (χ4v) is 4.83. The summed E-state index contributed by atoms with van der Waals surface area (Å²) in [5.74, 6) is -2.24. The van der Waals surface area contributed by atoms with Gasteiger partial charge in [-0.05, 0) is 62.7 Å². The summed E-state index contributed by atoms with van der Waals surface area (Å²) in [5.41, 5.74) is 6.91. The van der Waals surface area contributed by atoms with Crippen molar-refractivity contribution in [2.45, 2.75) is 77.8 Å². The van der Waals surface area contributed by atoms with E-state index in [9.17, 15) is 24.2 Å². The van der Waals surface area contributed by atoms with E-state index in [4.69, 9.17) is 19.9 Å². The number of nitrogens with one attached hydrogen (secondary N) is 1. The zero-order valence-corrected chi connectivity index (χ0v) is 23.0. The van der Waals surface area contributed by atoms with E-state index in [0.29, 0.717) is 30.4 Å². The summed E-state index contributed by atoms with van der Waals surface area (Å²) in [6.45, 7) is 7.12. The van der Waals surface area contributed by atoms with Crippen LogP contribution in [0.15, 0.2) is 35.4 Å². The van der Waals surface area contributed by atoms with Crippen molar-refractivity contribution in [3.63, 3.8) is 0 Å². The number of aliphatic hydroxyl groups is 1. The van der Waals surface area contributed by atoms with E-state index in [0.717, 1.165) is 0 Å². The zero-order chi connectivity index (χ0) is 28.6. The highest BCUT2D eigenvalue weighted by Crippen LogP contribution is 2.30. The maximum atomic E-state index is 14.7. The van der Waals surface area contributed by atoms with Crippen LogP contribution in [0.3, 0.4) is 0 Å². The Labute approximate surface area is 223 Å². The summed E-state index contributed by atoms with van der Waals surface area (Å²) >= 11 is 0. The lowest BCUT2D eigenvalue weighted by Gasteiger charge is -2.30. The van der Waals surface area contributed by atoms with Crippen LogP contribution in [0.25, 0.3) is 0 Å². The number of anilines is 1. The molecule has 0 fully saturated rings. The number of aromatic hydroxyl groups is 1. The molecule has 0 aliphatic carbocycles. The average molecular weight is 537 g/mol. The van der Waals surface area contributed by atoms with Gasteiger partial charge in [0.25, 0.3) is 5.91 Å². The fraction of sp³-hybridized carbons (Fsp3) is 0.571. The smallest absolute Gasteiger partial charge is 0.405 e. The number of nitrogens with two attached hydrogens (primary N) is 1. The molecule has 0 spiro atoms. The molecular formula is C28H41FN2O7. The minimum Gasteiger partial charge on any atom is -0.505 e. The fourth-order valence-electron chi connectivity index (χ4n) is 4.83. The minimum atomic E-state index is -0.955. The van der Waals surface area contributed by atoms with E-state index in [1.165, 1.54) is 26.4 Å². The highest BCUT2D eigenvalue weighted by atomic mass is 19.1. The lowest BCUT2D eigenvalue weighted by atomic mass is 9.88. The van der Waals surface area contributed by atoms with Crippen LogP contribution in [0.4, 0.5) is 14.9 Å². The van der Waals surface area contributed by atoms with Crippen molar-refractivity contribution in [1.82, 2.24) is 0 Å². The molecule has 0 saturated heterocycles. The number of fused-ring (bicyclic) bond motifs is 2. The third kappa shape index (κ3) is 8.54. The number of hydrogen-bond donors (Lipinski definition) is 4. The first-order valence-corrected chi connectivity index (χ1v) is 12.7. The number of carbonyl (C=O) groups is 2. The topological polar surface area (TPSA) is 140 Å². The summed E-state index contributed by atoms with van der Waals surface area (Å²) in [5, 5.41) is 23.9. The van der Waals surface area contributed by atoms with Gasteiger partial charge in [0.1, 0.15) is 0 Å². The van der Waals surface area contributed by atoms with Gasteiger partial charge in [0.2, 0.25) is 0 Å². The number of benzene rings is 1. The molecule has 1 aromatic rings. The zero-order valence-electron chi connectivity index (χ0n) is 23.0. The summed E-state index contributed by atoms with van der Waals surface area (Å²) < 4.78 is 31.3. The number of carbonyl (C=O) groups excluding carboxylic acids is 2. The second-order valence-corrected chi connectivity index (χ2v) is 10.1. The van der Waals surface area contributed by atoms with Crippen LogP contribution in [0, 0.1) is 17.7 Å². The number of ether oxygens (including phenoxy) is 3. The molecule has 0 radical (unpaired) electrons. The van der Waals surface area contributed by atoms with Crippen molar-refractivity contribution in [1.29, 1.82) is 0 Å². The van der Waals surface area contributed by atoms with E-state index in [1.54, 1.807) is 26.0 Å². The lowest BCUT2D eigenvalue weighted by Crippen LogP contribution is -2.37. The molecule has 212 valence electrons. The molecule has 2 bridgehead atoms. The first-order chi connectivity index (χ1) is 17.9. The Morgan fingerprint density at radius 3 is 2.42 bits per heavy atom. The van der Waals surface area contributed by atoms with Gasteiger partial charge < -0.3 is 35.5 Å². The molecule has 0 unspecified atom stereocenters. The molecule has 2 rings (SSSR count). The van der Waals surface area contributed by atoms with Crippen molar-refractivity contribution in [3.8, 4) is 5.75 Å². The molecule has 0 aromatic heterocycles. The molecule has 5 N–H and O–H groups in total. The van der Waals surface area contributed by atoms with Gasteiger partial charge in [-0.1, -0.05) is 26.0 Å². The normalized spacial score (nSPS) is 30.9. The number of methoxy groups -OCH3 is 2. The van der Waals surface area contributed by atoms with Crippen LogP contribution in [0.5, 0.6) is 5.75 Å². The molecule has 10 heteroatoms. The van der Waals surface area contributed by atoms with Gasteiger partial charge in [-0.3, -0.25) is 4.79 Å². The Morgan fingerprint density at radius 2 is 1.82 bits per heavy atom. The number of rotatable bonds is 3. The van der Waals surface area contributed by atoms with Crippen LogP contribution in [-0.4, -0.2) is 60.8 Å². The molecule has 6 atom stereocenters. The van der Waals surface area contributed by atoms with Crippen LogP contribution in [-0.2, 0) is 25.4 Å². The van der Waals surface area contributed by atoms with Gasteiger partial charge in [0.15, 0.2) is 17.7 Å². The number of phenols is 1.